The van der Waals surface area contributed by atoms with Crippen molar-refractivity contribution in [3.8, 4) is 0 Å². The van der Waals surface area contributed by atoms with E-state index in [4.69, 9.17) is 5.73 Å². The molecule has 0 saturated heterocycles. The van der Waals surface area contributed by atoms with Gasteiger partial charge >= 0.3 is 0 Å². The Hall–Kier alpha value is -1.85. The molecule has 0 bridgehead atoms. The summed E-state index contributed by atoms with van der Waals surface area (Å²) in [7, 11) is 1.83. The number of halogens is 1. The number of carbonyl (C=O) groups is 1. The van der Waals surface area contributed by atoms with E-state index < -0.39 is 0 Å². The molecule has 0 radical (unpaired) electrons. The van der Waals surface area contributed by atoms with Gasteiger partial charge in [0.15, 0.2) is 0 Å². The summed E-state index contributed by atoms with van der Waals surface area (Å²) in [6.07, 6.45) is 2.53. The molecule has 5 nitrogen and oxygen atoms in total. The van der Waals surface area contributed by atoms with E-state index in [2.05, 4.69) is 5.10 Å². The summed E-state index contributed by atoms with van der Waals surface area (Å²) in [6.45, 7) is 3.55. The van der Waals surface area contributed by atoms with Gasteiger partial charge in [-0.2, -0.15) is 5.10 Å². The molecule has 2 N–H and O–H groups in total. The van der Waals surface area contributed by atoms with Gasteiger partial charge in [0, 0.05) is 32.9 Å². The maximum atomic E-state index is 12.7. The van der Waals surface area contributed by atoms with Crippen molar-refractivity contribution in [3.05, 3.63) is 53.3 Å². The van der Waals surface area contributed by atoms with Crippen LogP contribution in [0.4, 0.5) is 0 Å². The average Bonchev–Trinajstić information content (AvgIpc) is 2.88. The molecule has 0 saturated carbocycles. The molecule has 0 aliphatic heterocycles. The Labute approximate surface area is 137 Å². The van der Waals surface area contributed by atoms with Crippen LogP contribution in [0, 0.1) is 0 Å². The number of amides is 1. The maximum Gasteiger partial charge on any atom is 0.257 e. The highest BCUT2D eigenvalue weighted by Gasteiger charge is 2.20. The molecule has 0 atom stereocenters. The van der Waals surface area contributed by atoms with Crippen molar-refractivity contribution in [2.24, 2.45) is 12.8 Å². The lowest BCUT2D eigenvalue weighted by Gasteiger charge is -2.22. The normalized spacial score (nSPS) is 10.1. The Balaban J connectivity index is 0.00000242. The van der Waals surface area contributed by atoms with Gasteiger partial charge < -0.3 is 10.6 Å². The van der Waals surface area contributed by atoms with Gasteiger partial charge in [-0.05, 0) is 12.0 Å². The van der Waals surface area contributed by atoms with Crippen LogP contribution in [-0.4, -0.2) is 33.7 Å². The van der Waals surface area contributed by atoms with Crippen LogP contribution >= 0.6 is 12.4 Å². The smallest absolute Gasteiger partial charge is 0.257 e. The van der Waals surface area contributed by atoms with Gasteiger partial charge in [-0.3, -0.25) is 9.48 Å². The lowest BCUT2D eigenvalue weighted by molar-refractivity contribution is 0.0747. The summed E-state index contributed by atoms with van der Waals surface area (Å²) in [5.74, 6) is -0.00532. The molecule has 1 aromatic carbocycles. The molecular weight excluding hydrogens is 300 g/mol. The number of aryl methyl sites for hydroxylation is 2. The highest BCUT2D eigenvalue weighted by atomic mass is 35.5. The average molecular weight is 323 g/mol. The highest BCUT2D eigenvalue weighted by molar-refractivity contribution is 5.95. The van der Waals surface area contributed by atoms with Crippen molar-refractivity contribution in [1.29, 1.82) is 0 Å². The van der Waals surface area contributed by atoms with Crippen LogP contribution in [0.2, 0.25) is 0 Å². The van der Waals surface area contributed by atoms with Gasteiger partial charge in [0.05, 0.1) is 11.3 Å². The van der Waals surface area contributed by atoms with Crippen LogP contribution in [0.5, 0.6) is 0 Å². The number of nitrogens with two attached hydrogens (primary N) is 1. The van der Waals surface area contributed by atoms with E-state index in [1.807, 2.05) is 44.3 Å². The van der Waals surface area contributed by atoms with E-state index in [0.29, 0.717) is 25.2 Å². The molecule has 1 heterocycles. The van der Waals surface area contributed by atoms with Crippen molar-refractivity contribution >= 4 is 18.3 Å². The Morgan fingerprint density at radius 2 is 2.00 bits per heavy atom. The lowest BCUT2D eigenvalue weighted by atomic mass is 10.1. The zero-order valence-electron chi connectivity index (χ0n) is 13.0. The standard InChI is InChI=1S/C16H22N4O.ClH/c1-3-15-14(12-19(2)18-15)16(21)20(10-9-17)11-13-7-5-4-6-8-13;/h4-8,12H,3,9-11,17H2,1-2H3;1H. The zero-order chi connectivity index (χ0) is 15.2. The van der Waals surface area contributed by atoms with Crippen LogP contribution in [-0.2, 0) is 20.0 Å². The number of hydrogen-bond donors (Lipinski definition) is 1. The molecular formula is C16H23ClN4O. The molecule has 0 aliphatic rings. The van der Waals surface area contributed by atoms with Crippen molar-refractivity contribution in [3.63, 3.8) is 0 Å². The number of nitrogens with zero attached hydrogens (tertiary/aromatic N) is 3. The fourth-order valence-corrected chi connectivity index (χ4v) is 2.36. The minimum atomic E-state index is -0.00532. The molecule has 22 heavy (non-hydrogen) atoms. The molecule has 2 aromatic rings. The van der Waals surface area contributed by atoms with Crippen LogP contribution in [0.25, 0.3) is 0 Å². The van der Waals surface area contributed by atoms with Crippen LogP contribution in [0.3, 0.4) is 0 Å². The molecule has 1 aromatic heterocycles. The maximum absolute atomic E-state index is 12.7. The highest BCUT2D eigenvalue weighted by Crippen LogP contribution is 2.13. The minimum Gasteiger partial charge on any atom is -0.333 e. The summed E-state index contributed by atoms with van der Waals surface area (Å²) in [4.78, 5) is 14.5. The van der Waals surface area contributed by atoms with Gasteiger partial charge in [-0.15, -0.1) is 12.4 Å². The Morgan fingerprint density at radius 1 is 1.32 bits per heavy atom. The molecule has 0 unspecified atom stereocenters. The second-order valence-corrected chi connectivity index (χ2v) is 5.02. The first-order valence-electron chi connectivity index (χ1n) is 7.21. The fourth-order valence-electron chi connectivity index (χ4n) is 2.36. The minimum absolute atomic E-state index is 0. The van der Waals surface area contributed by atoms with Crippen molar-refractivity contribution in [2.75, 3.05) is 13.1 Å². The number of rotatable bonds is 6. The van der Waals surface area contributed by atoms with Crippen molar-refractivity contribution < 1.29 is 4.79 Å². The molecule has 120 valence electrons. The Morgan fingerprint density at radius 3 is 2.59 bits per heavy atom. The van der Waals surface area contributed by atoms with E-state index in [0.717, 1.165) is 17.7 Å². The molecule has 0 spiro atoms. The van der Waals surface area contributed by atoms with E-state index in [9.17, 15) is 4.79 Å². The first-order valence-corrected chi connectivity index (χ1v) is 7.21. The third-order valence-corrected chi connectivity index (χ3v) is 3.37. The predicted molar refractivity (Wildman–Crippen MR) is 90.1 cm³/mol. The fraction of sp³-hybridized carbons (Fsp3) is 0.375. The van der Waals surface area contributed by atoms with Gasteiger partial charge in [0.25, 0.3) is 5.91 Å². The van der Waals surface area contributed by atoms with Gasteiger partial charge in [0.1, 0.15) is 0 Å². The second-order valence-electron chi connectivity index (χ2n) is 5.02. The van der Waals surface area contributed by atoms with E-state index in [-0.39, 0.29) is 18.3 Å². The van der Waals surface area contributed by atoms with E-state index >= 15 is 0 Å². The van der Waals surface area contributed by atoms with Crippen LogP contribution in [0.1, 0.15) is 28.5 Å². The monoisotopic (exact) mass is 322 g/mol. The zero-order valence-corrected chi connectivity index (χ0v) is 13.8. The van der Waals surface area contributed by atoms with E-state index in [1.165, 1.54) is 0 Å². The number of carbonyl (C=O) groups excluding carboxylic acids is 1. The third-order valence-electron chi connectivity index (χ3n) is 3.37. The summed E-state index contributed by atoms with van der Waals surface area (Å²) in [5, 5.41) is 4.34. The van der Waals surface area contributed by atoms with E-state index in [1.54, 1.807) is 15.8 Å². The van der Waals surface area contributed by atoms with Crippen LogP contribution in [0.15, 0.2) is 36.5 Å². The van der Waals surface area contributed by atoms with Crippen LogP contribution < -0.4 is 5.73 Å². The van der Waals surface area contributed by atoms with Crippen molar-refractivity contribution in [1.82, 2.24) is 14.7 Å². The van der Waals surface area contributed by atoms with Gasteiger partial charge in [-0.25, -0.2) is 0 Å². The van der Waals surface area contributed by atoms with Crippen molar-refractivity contribution in [2.45, 2.75) is 19.9 Å². The lowest BCUT2D eigenvalue weighted by Crippen LogP contribution is -2.35. The number of aromatic nitrogens is 2. The number of benzene rings is 1. The SMILES string of the molecule is CCc1nn(C)cc1C(=O)N(CCN)Cc1ccccc1.Cl. The first kappa shape index (κ1) is 18.2. The largest absolute Gasteiger partial charge is 0.333 e. The molecule has 2 rings (SSSR count). The molecule has 6 heteroatoms. The first-order chi connectivity index (χ1) is 10.2. The quantitative estimate of drug-likeness (QED) is 0.884. The van der Waals surface area contributed by atoms with Gasteiger partial charge in [-0.1, -0.05) is 37.3 Å². The summed E-state index contributed by atoms with van der Waals surface area (Å²) >= 11 is 0. The topological polar surface area (TPSA) is 64.2 Å². The Kier molecular flexibility index (Phi) is 7.08. The Bertz CT molecular complexity index is 597. The molecule has 1 amide bonds. The molecule has 0 aliphatic carbocycles. The summed E-state index contributed by atoms with van der Waals surface area (Å²) < 4.78 is 1.69. The summed E-state index contributed by atoms with van der Waals surface area (Å²) in [5.41, 5.74) is 8.26. The second kappa shape index (κ2) is 8.56. The third kappa shape index (κ3) is 4.32. The van der Waals surface area contributed by atoms with Gasteiger partial charge in [0.2, 0.25) is 0 Å². The molecule has 0 fully saturated rings. The number of hydrogen-bond acceptors (Lipinski definition) is 3. The summed E-state index contributed by atoms with van der Waals surface area (Å²) in [6, 6.07) is 9.94. The predicted octanol–water partition coefficient (Wildman–Crippen LogP) is 2.01.